The molecule has 0 aliphatic heterocycles. The first-order valence-electron chi connectivity index (χ1n) is 4.58. The number of aromatic amines is 1. The topological polar surface area (TPSA) is 71.8 Å². The Labute approximate surface area is 76.5 Å². The number of rotatable bonds is 4. The second kappa shape index (κ2) is 3.20. The van der Waals surface area contributed by atoms with E-state index in [0.29, 0.717) is 12.3 Å². The van der Waals surface area contributed by atoms with Gasteiger partial charge in [0.25, 0.3) is 0 Å². The Balaban J connectivity index is 2.02. The van der Waals surface area contributed by atoms with E-state index in [9.17, 15) is 4.79 Å². The lowest BCUT2D eigenvalue weighted by Gasteiger charge is -1.98. The van der Waals surface area contributed by atoms with Gasteiger partial charge < -0.3 is 5.73 Å². The molecular formula is C9H13N3O. The Morgan fingerprint density at radius 2 is 2.46 bits per heavy atom. The van der Waals surface area contributed by atoms with Crippen LogP contribution in [0.25, 0.3) is 0 Å². The summed E-state index contributed by atoms with van der Waals surface area (Å²) in [6.45, 7) is 0. The number of nitrogens with two attached hydrogens (primary N) is 1. The highest BCUT2D eigenvalue weighted by Crippen LogP contribution is 2.40. The number of aromatic nitrogens is 2. The molecule has 1 fully saturated rings. The molecule has 1 heterocycles. The second-order valence-corrected chi connectivity index (χ2v) is 3.55. The van der Waals surface area contributed by atoms with Crippen LogP contribution in [0, 0.1) is 0 Å². The number of carbonyl (C=O) groups is 1. The number of hydrogen-bond donors (Lipinski definition) is 2. The molecule has 1 aromatic rings. The van der Waals surface area contributed by atoms with Crippen LogP contribution in [0.2, 0.25) is 0 Å². The predicted molar refractivity (Wildman–Crippen MR) is 48.1 cm³/mol. The van der Waals surface area contributed by atoms with Gasteiger partial charge in [-0.15, -0.1) is 0 Å². The fraction of sp³-hybridized carbons (Fsp3) is 0.556. The Morgan fingerprint density at radius 1 is 1.69 bits per heavy atom. The van der Waals surface area contributed by atoms with Crippen molar-refractivity contribution in [1.29, 1.82) is 0 Å². The van der Waals surface area contributed by atoms with Crippen LogP contribution in [0.5, 0.6) is 0 Å². The lowest BCUT2D eigenvalue weighted by atomic mass is 10.1. The van der Waals surface area contributed by atoms with Gasteiger partial charge in [0.2, 0.25) is 5.91 Å². The Kier molecular flexibility index (Phi) is 2.04. The van der Waals surface area contributed by atoms with Crippen LogP contribution in [-0.4, -0.2) is 16.1 Å². The van der Waals surface area contributed by atoms with Crippen LogP contribution in [-0.2, 0) is 11.2 Å². The molecule has 70 valence electrons. The first-order chi connectivity index (χ1) is 6.27. The highest BCUT2D eigenvalue weighted by Gasteiger charge is 2.27. The number of hydrogen-bond acceptors (Lipinski definition) is 2. The third-order valence-electron chi connectivity index (χ3n) is 2.38. The van der Waals surface area contributed by atoms with Crippen LogP contribution in [0.3, 0.4) is 0 Å². The van der Waals surface area contributed by atoms with Gasteiger partial charge in [-0.2, -0.15) is 5.10 Å². The van der Waals surface area contributed by atoms with Crippen LogP contribution in [0.4, 0.5) is 0 Å². The number of primary amides is 1. The second-order valence-electron chi connectivity index (χ2n) is 3.55. The highest BCUT2D eigenvalue weighted by atomic mass is 16.1. The van der Waals surface area contributed by atoms with Gasteiger partial charge in [-0.05, 0) is 24.8 Å². The Bertz CT molecular complexity index is 314. The maximum Gasteiger partial charge on any atom is 0.217 e. The molecule has 1 aliphatic carbocycles. The van der Waals surface area contributed by atoms with Gasteiger partial charge in [0, 0.05) is 18.0 Å². The summed E-state index contributed by atoms with van der Waals surface area (Å²) in [6.07, 6.45) is 5.42. The Morgan fingerprint density at radius 3 is 3.08 bits per heavy atom. The summed E-state index contributed by atoms with van der Waals surface area (Å²) in [5, 5.41) is 6.97. The van der Waals surface area contributed by atoms with E-state index >= 15 is 0 Å². The molecule has 0 aromatic carbocycles. The summed E-state index contributed by atoms with van der Waals surface area (Å²) in [4.78, 5) is 10.6. The summed E-state index contributed by atoms with van der Waals surface area (Å²) in [5.41, 5.74) is 7.44. The summed E-state index contributed by atoms with van der Waals surface area (Å²) in [7, 11) is 0. The van der Waals surface area contributed by atoms with Crippen molar-refractivity contribution in [2.75, 3.05) is 0 Å². The van der Waals surface area contributed by atoms with Crippen molar-refractivity contribution in [3.63, 3.8) is 0 Å². The minimum atomic E-state index is -0.247. The molecule has 0 atom stereocenters. The number of carbonyl (C=O) groups excluding carboxylic acids is 1. The van der Waals surface area contributed by atoms with E-state index in [-0.39, 0.29) is 5.91 Å². The Hall–Kier alpha value is -1.32. The quantitative estimate of drug-likeness (QED) is 0.714. The van der Waals surface area contributed by atoms with E-state index < -0.39 is 0 Å². The van der Waals surface area contributed by atoms with Crippen LogP contribution >= 0.6 is 0 Å². The van der Waals surface area contributed by atoms with Gasteiger partial charge >= 0.3 is 0 Å². The van der Waals surface area contributed by atoms with Crippen molar-refractivity contribution in [2.45, 2.75) is 31.6 Å². The molecule has 0 bridgehead atoms. The SMILES string of the molecule is NC(=O)CCc1cn[nH]c1C1CC1. The molecule has 1 amide bonds. The standard InChI is InChI=1S/C9H13N3O/c10-8(13)4-3-7-5-11-12-9(7)6-1-2-6/h5-6H,1-4H2,(H2,10,13)(H,11,12). The minimum Gasteiger partial charge on any atom is -0.370 e. The van der Waals surface area contributed by atoms with Gasteiger partial charge in [0.1, 0.15) is 0 Å². The minimum absolute atomic E-state index is 0.247. The average Bonchev–Trinajstić information content (AvgIpc) is 2.82. The monoisotopic (exact) mass is 179 g/mol. The smallest absolute Gasteiger partial charge is 0.217 e. The first kappa shape index (κ1) is 8.29. The number of amides is 1. The van der Waals surface area contributed by atoms with E-state index in [1.807, 2.05) is 0 Å². The van der Waals surface area contributed by atoms with Gasteiger partial charge in [0.05, 0.1) is 6.20 Å². The fourth-order valence-electron chi connectivity index (χ4n) is 1.50. The van der Waals surface area contributed by atoms with Crippen molar-refractivity contribution in [2.24, 2.45) is 5.73 Å². The molecule has 1 aliphatic rings. The van der Waals surface area contributed by atoms with E-state index in [2.05, 4.69) is 10.2 Å². The number of H-pyrrole nitrogens is 1. The van der Waals surface area contributed by atoms with Gasteiger partial charge in [-0.3, -0.25) is 9.89 Å². The maximum absolute atomic E-state index is 10.6. The lowest BCUT2D eigenvalue weighted by Crippen LogP contribution is -2.11. The number of nitrogens with zero attached hydrogens (tertiary/aromatic N) is 1. The molecule has 2 rings (SSSR count). The van der Waals surface area contributed by atoms with Crippen LogP contribution in [0.15, 0.2) is 6.20 Å². The molecular weight excluding hydrogens is 166 g/mol. The summed E-state index contributed by atoms with van der Waals surface area (Å²) < 4.78 is 0. The summed E-state index contributed by atoms with van der Waals surface area (Å²) >= 11 is 0. The van der Waals surface area contributed by atoms with Crippen LogP contribution < -0.4 is 5.73 Å². The normalized spacial score (nSPS) is 16.0. The van der Waals surface area contributed by atoms with Gasteiger partial charge in [-0.1, -0.05) is 0 Å². The summed E-state index contributed by atoms with van der Waals surface area (Å²) in [6, 6.07) is 0. The third kappa shape index (κ3) is 1.88. The maximum atomic E-state index is 10.6. The molecule has 0 saturated heterocycles. The summed E-state index contributed by atoms with van der Waals surface area (Å²) in [5.74, 6) is 0.410. The van der Waals surface area contributed by atoms with Crippen molar-refractivity contribution >= 4 is 5.91 Å². The van der Waals surface area contributed by atoms with Crippen molar-refractivity contribution in [3.05, 3.63) is 17.5 Å². The highest BCUT2D eigenvalue weighted by molar-refractivity contribution is 5.74. The molecule has 4 heteroatoms. The van der Waals surface area contributed by atoms with E-state index in [1.165, 1.54) is 18.5 Å². The average molecular weight is 179 g/mol. The molecule has 0 unspecified atom stereocenters. The zero-order chi connectivity index (χ0) is 9.26. The molecule has 3 N–H and O–H groups in total. The van der Waals surface area contributed by atoms with E-state index in [0.717, 1.165) is 12.0 Å². The molecule has 1 saturated carbocycles. The molecule has 13 heavy (non-hydrogen) atoms. The largest absolute Gasteiger partial charge is 0.370 e. The molecule has 4 nitrogen and oxygen atoms in total. The third-order valence-corrected chi connectivity index (χ3v) is 2.38. The first-order valence-corrected chi connectivity index (χ1v) is 4.58. The predicted octanol–water partition coefficient (Wildman–Crippen LogP) is 0.705. The van der Waals surface area contributed by atoms with Crippen LogP contribution in [0.1, 0.15) is 36.4 Å². The van der Waals surface area contributed by atoms with Gasteiger partial charge in [-0.25, -0.2) is 0 Å². The number of aryl methyl sites for hydroxylation is 1. The molecule has 0 radical (unpaired) electrons. The van der Waals surface area contributed by atoms with Crippen molar-refractivity contribution < 1.29 is 4.79 Å². The number of nitrogens with one attached hydrogen (secondary N) is 1. The zero-order valence-corrected chi connectivity index (χ0v) is 7.42. The molecule has 0 spiro atoms. The van der Waals surface area contributed by atoms with E-state index in [4.69, 9.17) is 5.73 Å². The molecule has 1 aromatic heterocycles. The van der Waals surface area contributed by atoms with Gasteiger partial charge in [0.15, 0.2) is 0 Å². The fourth-order valence-corrected chi connectivity index (χ4v) is 1.50. The van der Waals surface area contributed by atoms with Crippen molar-refractivity contribution in [3.8, 4) is 0 Å². The van der Waals surface area contributed by atoms with E-state index in [1.54, 1.807) is 6.20 Å². The van der Waals surface area contributed by atoms with Crippen molar-refractivity contribution in [1.82, 2.24) is 10.2 Å². The lowest BCUT2D eigenvalue weighted by molar-refractivity contribution is -0.117. The zero-order valence-electron chi connectivity index (χ0n) is 7.42.